The van der Waals surface area contributed by atoms with Gasteiger partial charge >= 0.3 is 5.97 Å². The van der Waals surface area contributed by atoms with Gasteiger partial charge in [0.15, 0.2) is 0 Å². The summed E-state index contributed by atoms with van der Waals surface area (Å²) in [7, 11) is 0. The maximum atomic E-state index is 11.1. The van der Waals surface area contributed by atoms with E-state index >= 15 is 0 Å². The Morgan fingerprint density at radius 1 is 1.16 bits per heavy atom. The van der Waals surface area contributed by atoms with Crippen LogP contribution in [-0.4, -0.2) is 16.2 Å². The van der Waals surface area contributed by atoms with Crippen LogP contribution in [0.25, 0.3) is 0 Å². The predicted octanol–water partition coefficient (Wildman–Crippen LogP) is 3.32. The smallest absolute Gasteiger partial charge is 0.303 e. The number of aliphatic carboxylic acids is 1. The number of aliphatic hydroxyl groups is 1. The molecule has 0 radical (unpaired) electrons. The Labute approximate surface area is 114 Å². The second kappa shape index (κ2) is 6.20. The van der Waals surface area contributed by atoms with E-state index in [-0.39, 0.29) is 12.3 Å². The third-order valence-electron chi connectivity index (χ3n) is 4.27. The Kier molecular flexibility index (Phi) is 4.59. The van der Waals surface area contributed by atoms with Gasteiger partial charge in [0, 0.05) is 6.42 Å². The number of carboxylic acids is 1. The highest BCUT2D eigenvalue weighted by molar-refractivity contribution is 5.66. The molecule has 0 amide bonds. The van der Waals surface area contributed by atoms with E-state index in [1.165, 1.54) is 6.42 Å². The van der Waals surface area contributed by atoms with Crippen LogP contribution in [0.2, 0.25) is 0 Å². The number of rotatable bonds is 5. The summed E-state index contributed by atoms with van der Waals surface area (Å²) in [5, 5.41) is 20.0. The Morgan fingerprint density at radius 3 is 2.37 bits per heavy atom. The molecule has 1 aromatic carbocycles. The van der Waals surface area contributed by atoms with Gasteiger partial charge in [0.05, 0.1) is 5.60 Å². The van der Waals surface area contributed by atoms with Gasteiger partial charge in [0.1, 0.15) is 0 Å². The van der Waals surface area contributed by atoms with Crippen LogP contribution < -0.4 is 0 Å². The molecule has 2 N–H and O–H groups in total. The molecule has 1 saturated carbocycles. The van der Waals surface area contributed by atoms with Gasteiger partial charge in [-0.3, -0.25) is 4.79 Å². The van der Waals surface area contributed by atoms with Gasteiger partial charge in [-0.25, -0.2) is 0 Å². The van der Waals surface area contributed by atoms with E-state index in [4.69, 9.17) is 5.11 Å². The summed E-state index contributed by atoms with van der Waals surface area (Å²) >= 11 is 0. The molecular formula is C16H22O3. The summed E-state index contributed by atoms with van der Waals surface area (Å²) in [6, 6.07) is 9.56. The van der Waals surface area contributed by atoms with E-state index in [9.17, 15) is 9.90 Å². The molecule has 2 rings (SSSR count). The van der Waals surface area contributed by atoms with Crippen LogP contribution in [0.4, 0.5) is 0 Å². The van der Waals surface area contributed by atoms with E-state index in [1.807, 2.05) is 30.3 Å². The van der Waals surface area contributed by atoms with Gasteiger partial charge in [-0.15, -0.1) is 0 Å². The molecule has 1 aliphatic carbocycles. The highest BCUT2D eigenvalue weighted by atomic mass is 16.4. The van der Waals surface area contributed by atoms with Crippen molar-refractivity contribution in [3.05, 3.63) is 35.9 Å². The monoisotopic (exact) mass is 262 g/mol. The fourth-order valence-corrected chi connectivity index (χ4v) is 3.19. The van der Waals surface area contributed by atoms with Crippen LogP contribution in [0.5, 0.6) is 0 Å². The van der Waals surface area contributed by atoms with Crippen molar-refractivity contribution in [1.82, 2.24) is 0 Å². The molecule has 0 spiro atoms. The standard InChI is InChI=1S/C16H22O3/c17-15(18)11-12-16(19,13-7-3-1-4-8-13)14-9-5-2-6-10-14/h1,3-4,7-8,14,19H,2,5-6,9-12H2,(H,17,18). The van der Waals surface area contributed by atoms with Gasteiger partial charge in [-0.05, 0) is 30.7 Å². The summed E-state index contributed by atoms with van der Waals surface area (Å²) in [4.78, 5) is 10.8. The molecule has 1 aliphatic rings. The lowest BCUT2D eigenvalue weighted by atomic mass is 9.71. The zero-order valence-electron chi connectivity index (χ0n) is 11.2. The van der Waals surface area contributed by atoms with E-state index in [0.717, 1.165) is 31.2 Å². The van der Waals surface area contributed by atoms with E-state index in [2.05, 4.69) is 0 Å². The zero-order valence-corrected chi connectivity index (χ0v) is 11.2. The summed E-state index contributed by atoms with van der Waals surface area (Å²) < 4.78 is 0. The molecule has 104 valence electrons. The molecule has 1 fully saturated rings. The number of hydrogen-bond acceptors (Lipinski definition) is 2. The lowest BCUT2D eigenvalue weighted by molar-refractivity contribution is -0.139. The highest BCUT2D eigenvalue weighted by Gasteiger charge is 2.38. The SMILES string of the molecule is O=C(O)CCC(O)(c1ccccc1)C1CCCCC1. The normalized spacial score (nSPS) is 19.8. The molecule has 0 heterocycles. The molecule has 3 heteroatoms. The maximum absolute atomic E-state index is 11.1. The minimum absolute atomic E-state index is 0.0158. The van der Waals surface area contributed by atoms with Crippen LogP contribution in [0.3, 0.4) is 0 Å². The lowest BCUT2D eigenvalue weighted by Gasteiger charge is -2.39. The highest BCUT2D eigenvalue weighted by Crippen LogP contribution is 2.42. The van der Waals surface area contributed by atoms with Crippen LogP contribution in [0.15, 0.2) is 30.3 Å². The third kappa shape index (κ3) is 3.35. The molecule has 1 atom stereocenters. The first-order chi connectivity index (χ1) is 9.13. The van der Waals surface area contributed by atoms with E-state index in [1.54, 1.807) is 0 Å². The second-order valence-corrected chi connectivity index (χ2v) is 5.52. The minimum atomic E-state index is -0.986. The van der Waals surface area contributed by atoms with Gasteiger partial charge in [-0.1, -0.05) is 49.6 Å². The Balaban J connectivity index is 2.23. The molecule has 1 unspecified atom stereocenters. The van der Waals surface area contributed by atoms with Gasteiger partial charge in [0.25, 0.3) is 0 Å². The lowest BCUT2D eigenvalue weighted by Crippen LogP contribution is -2.37. The minimum Gasteiger partial charge on any atom is -0.481 e. The molecule has 3 nitrogen and oxygen atoms in total. The fourth-order valence-electron chi connectivity index (χ4n) is 3.19. The molecule has 0 bridgehead atoms. The third-order valence-corrected chi connectivity index (χ3v) is 4.27. The van der Waals surface area contributed by atoms with Crippen molar-refractivity contribution in [3.63, 3.8) is 0 Å². The topological polar surface area (TPSA) is 57.5 Å². The first-order valence-electron chi connectivity index (χ1n) is 7.12. The molecule has 19 heavy (non-hydrogen) atoms. The van der Waals surface area contributed by atoms with Crippen molar-refractivity contribution >= 4 is 5.97 Å². The van der Waals surface area contributed by atoms with Crippen molar-refractivity contribution in [2.75, 3.05) is 0 Å². The van der Waals surface area contributed by atoms with Gasteiger partial charge < -0.3 is 10.2 Å². The van der Waals surface area contributed by atoms with E-state index < -0.39 is 11.6 Å². The molecule has 0 aromatic heterocycles. The average molecular weight is 262 g/mol. The quantitative estimate of drug-likeness (QED) is 0.855. The summed E-state index contributed by atoms with van der Waals surface area (Å²) in [5.41, 5.74) is -0.122. The first-order valence-corrected chi connectivity index (χ1v) is 7.12. The van der Waals surface area contributed by atoms with Crippen molar-refractivity contribution in [2.45, 2.75) is 50.5 Å². The maximum Gasteiger partial charge on any atom is 0.303 e. The molecule has 0 saturated heterocycles. The molecule has 1 aromatic rings. The number of hydrogen-bond donors (Lipinski definition) is 2. The summed E-state index contributed by atoms with van der Waals surface area (Å²) in [6.45, 7) is 0. The average Bonchev–Trinajstić information content (AvgIpc) is 2.46. The zero-order chi connectivity index (χ0) is 13.7. The molecular weight excluding hydrogens is 240 g/mol. The summed E-state index contributed by atoms with van der Waals surface area (Å²) in [5.74, 6) is -0.659. The van der Waals surface area contributed by atoms with E-state index in [0.29, 0.717) is 6.42 Å². The van der Waals surface area contributed by atoms with Crippen LogP contribution in [0, 0.1) is 5.92 Å². The van der Waals surface area contributed by atoms with Crippen molar-refractivity contribution in [2.24, 2.45) is 5.92 Å². The predicted molar refractivity (Wildman–Crippen MR) is 73.8 cm³/mol. The Morgan fingerprint density at radius 2 is 1.79 bits per heavy atom. The first kappa shape index (κ1) is 14.1. The fraction of sp³-hybridized carbons (Fsp3) is 0.562. The molecule has 0 aliphatic heterocycles. The van der Waals surface area contributed by atoms with Crippen molar-refractivity contribution in [1.29, 1.82) is 0 Å². The number of benzene rings is 1. The van der Waals surface area contributed by atoms with Crippen molar-refractivity contribution < 1.29 is 15.0 Å². The van der Waals surface area contributed by atoms with Crippen LogP contribution in [-0.2, 0) is 10.4 Å². The largest absolute Gasteiger partial charge is 0.481 e. The van der Waals surface area contributed by atoms with Gasteiger partial charge in [0.2, 0.25) is 0 Å². The Bertz CT molecular complexity index is 409. The van der Waals surface area contributed by atoms with Crippen LogP contribution >= 0.6 is 0 Å². The second-order valence-electron chi connectivity index (χ2n) is 5.52. The van der Waals surface area contributed by atoms with Crippen molar-refractivity contribution in [3.8, 4) is 0 Å². The van der Waals surface area contributed by atoms with Crippen LogP contribution in [0.1, 0.15) is 50.5 Å². The van der Waals surface area contributed by atoms with Gasteiger partial charge in [-0.2, -0.15) is 0 Å². The number of carbonyl (C=O) groups is 1. The summed E-state index contributed by atoms with van der Waals surface area (Å²) in [6.07, 6.45) is 5.79. The Hall–Kier alpha value is -1.35. The number of carboxylic acid groups (broad SMARTS) is 1.